The molecule has 1 aliphatic heterocycles. The number of rotatable bonds is 4. The van der Waals surface area contributed by atoms with Crippen LogP contribution < -0.4 is 5.73 Å². The van der Waals surface area contributed by atoms with E-state index in [1.165, 1.54) is 44.0 Å². The summed E-state index contributed by atoms with van der Waals surface area (Å²) in [5.41, 5.74) is 5.28. The van der Waals surface area contributed by atoms with Gasteiger partial charge in [-0.05, 0) is 41.5 Å². The van der Waals surface area contributed by atoms with E-state index in [4.69, 9.17) is 10.2 Å². The third-order valence-electron chi connectivity index (χ3n) is 4.91. The molecule has 7 nitrogen and oxygen atoms in total. The minimum atomic E-state index is -2.82. The van der Waals surface area contributed by atoms with E-state index in [1.807, 2.05) is 0 Å². The molecule has 148 valence electrons. The zero-order valence-corrected chi connectivity index (χ0v) is 15.2. The molecular formula is C20H16F2N4O3. The quantitative estimate of drug-likeness (QED) is 0.703. The van der Waals surface area contributed by atoms with Crippen LogP contribution in [-0.2, 0) is 10.3 Å². The molecule has 0 saturated heterocycles. The number of phenols is 1. The van der Waals surface area contributed by atoms with Gasteiger partial charge in [0.25, 0.3) is 12.3 Å². The van der Waals surface area contributed by atoms with Crippen molar-refractivity contribution in [2.45, 2.75) is 12.0 Å². The van der Waals surface area contributed by atoms with Gasteiger partial charge < -0.3 is 15.3 Å². The standard InChI is InChI=1S/C20H16F2N4O3/c1-26-18(28)20(25-19(26)23,13-4-6-24-15(9-13)17(21)22)12-2-3-16(27)14(8-12)11-5-7-29-10-11/h2-10,17,27H,1H3,(H2,23,25). The number of aliphatic imine (C=N–C) groups is 1. The van der Waals surface area contributed by atoms with E-state index in [1.54, 1.807) is 12.1 Å². The highest BCUT2D eigenvalue weighted by Gasteiger charge is 2.50. The van der Waals surface area contributed by atoms with Crippen molar-refractivity contribution in [3.63, 3.8) is 0 Å². The molecule has 1 aromatic carbocycles. The first-order valence-corrected chi connectivity index (χ1v) is 8.58. The molecule has 29 heavy (non-hydrogen) atoms. The Hall–Kier alpha value is -3.75. The zero-order valence-electron chi connectivity index (χ0n) is 15.2. The van der Waals surface area contributed by atoms with E-state index in [9.17, 15) is 18.7 Å². The molecule has 3 N–H and O–H groups in total. The topological polar surface area (TPSA) is 105 Å². The molecule has 4 rings (SSSR count). The van der Waals surface area contributed by atoms with Gasteiger partial charge in [-0.2, -0.15) is 0 Å². The van der Waals surface area contributed by atoms with Gasteiger partial charge in [0, 0.05) is 24.4 Å². The maximum atomic E-state index is 13.3. The molecule has 3 heterocycles. The lowest BCUT2D eigenvalue weighted by Gasteiger charge is -2.27. The Kier molecular flexibility index (Phi) is 4.30. The number of amides is 1. The molecule has 0 radical (unpaired) electrons. The van der Waals surface area contributed by atoms with Gasteiger partial charge in [-0.15, -0.1) is 0 Å². The van der Waals surface area contributed by atoms with E-state index in [0.29, 0.717) is 16.7 Å². The van der Waals surface area contributed by atoms with Crippen molar-refractivity contribution >= 4 is 11.9 Å². The highest BCUT2D eigenvalue weighted by Crippen LogP contribution is 2.42. The number of hydrogen-bond donors (Lipinski definition) is 2. The lowest BCUT2D eigenvalue weighted by molar-refractivity contribution is -0.129. The van der Waals surface area contributed by atoms with Crippen molar-refractivity contribution < 1.29 is 23.1 Å². The van der Waals surface area contributed by atoms with Crippen LogP contribution in [0.2, 0.25) is 0 Å². The van der Waals surface area contributed by atoms with Crippen molar-refractivity contribution in [3.05, 3.63) is 71.9 Å². The average molecular weight is 398 g/mol. The smallest absolute Gasteiger partial charge is 0.280 e. The van der Waals surface area contributed by atoms with E-state index in [0.717, 1.165) is 11.0 Å². The number of guanidine groups is 1. The maximum absolute atomic E-state index is 13.3. The largest absolute Gasteiger partial charge is 0.507 e. The minimum absolute atomic E-state index is 0.0379. The predicted octanol–water partition coefficient (Wildman–Crippen LogP) is 3.02. The van der Waals surface area contributed by atoms with Gasteiger partial charge in [0.15, 0.2) is 11.5 Å². The number of carbonyl (C=O) groups is 1. The van der Waals surface area contributed by atoms with Crippen molar-refractivity contribution in [2.24, 2.45) is 10.7 Å². The summed E-state index contributed by atoms with van der Waals surface area (Å²) in [5.74, 6) is -0.599. The molecule has 1 atom stereocenters. The number of furan rings is 1. The van der Waals surface area contributed by atoms with Gasteiger partial charge in [-0.25, -0.2) is 13.8 Å². The highest BCUT2D eigenvalue weighted by atomic mass is 19.3. The summed E-state index contributed by atoms with van der Waals surface area (Å²) in [7, 11) is 1.45. The number of benzene rings is 1. The second-order valence-corrected chi connectivity index (χ2v) is 6.56. The second kappa shape index (κ2) is 6.69. The molecule has 3 aromatic rings. The normalized spacial score (nSPS) is 19.1. The fourth-order valence-corrected chi connectivity index (χ4v) is 3.39. The highest BCUT2D eigenvalue weighted by molar-refractivity contribution is 6.09. The van der Waals surface area contributed by atoms with Gasteiger partial charge in [-0.1, -0.05) is 6.07 Å². The van der Waals surface area contributed by atoms with Gasteiger partial charge >= 0.3 is 0 Å². The second-order valence-electron chi connectivity index (χ2n) is 6.56. The molecule has 9 heteroatoms. The first-order chi connectivity index (χ1) is 13.8. The number of carbonyl (C=O) groups excluding carboxylic acids is 1. The fraction of sp³-hybridized carbons (Fsp3) is 0.150. The van der Waals surface area contributed by atoms with E-state index in [-0.39, 0.29) is 17.3 Å². The maximum Gasteiger partial charge on any atom is 0.280 e. The third-order valence-corrected chi connectivity index (χ3v) is 4.91. The van der Waals surface area contributed by atoms with Gasteiger partial charge in [-0.3, -0.25) is 14.7 Å². The van der Waals surface area contributed by atoms with Crippen molar-refractivity contribution in [1.82, 2.24) is 9.88 Å². The van der Waals surface area contributed by atoms with Gasteiger partial charge in [0.05, 0.1) is 12.5 Å². The number of hydrogen-bond acceptors (Lipinski definition) is 6. The van der Waals surface area contributed by atoms with Crippen molar-refractivity contribution in [1.29, 1.82) is 0 Å². The number of aromatic hydroxyl groups is 1. The summed E-state index contributed by atoms with van der Waals surface area (Å²) in [6, 6.07) is 8.72. The number of pyridine rings is 1. The van der Waals surface area contributed by atoms with Crippen LogP contribution in [0.5, 0.6) is 5.75 Å². The molecule has 1 aliphatic rings. The molecule has 2 aromatic heterocycles. The summed E-state index contributed by atoms with van der Waals surface area (Å²) in [6.07, 6.45) is 1.27. The number of halogens is 2. The molecule has 1 unspecified atom stereocenters. The fourth-order valence-electron chi connectivity index (χ4n) is 3.39. The molecule has 1 amide bonds. The SMILES string of the molecule is CN1C(=O)C(c2ccnc(C(F)F)c2)(c2ccc(O)c(-c3ccoc3)c2)N=C1N. The van der Waals surface area contributed by atoms with Crippen molar-refractivity contribution in [3.8, 4) is 16.9 Å². The first-order valence-electron chi connectivity index (χ1n) is 8.58. The van der Waals surface area contributed by atoms with Crippen LogP contribution in [-0.4, -0.2) is 33.9 Å². The Morgan fingerprint density at radius 3 is 2.59 bits per heavy atom. The summed E-state index contributed by atoms with van der Waals surface area (Å²) in [4.78, 5) is 22.4. The average Bonchev–Trinajstić information content (AvgIpc) is 3.32. The minimum Gasteiger partial charge on any atom is -0.507 e. The van der Waals surface area contributed by atoms with Crippen LogP contribution in [0, 0.1) is 0 Å². The van der Waals surface area contributed by atoms with E-state index >= 15 is 0 Å². The lowest BCUT2D eigenvalue weighted by atomic mass is 9.81. The summed E-state index contributed by atoms with van der Waals surface area (Å²) < 4.78 is 31.6. The summed E-state index contributed by atoms with van der Waals surface area (Å²) in [5, 5.41) is 10.3. The number of aromatic nitrogens is 1. The molecule has 0 spiro atoms. The summed E-state index contributed by atoms with van der Waals surface area (Å²) in [6.45, 7) is 0. The Balaban J connectivity index is 1.98. The molecule has 0 saturated carbocycles. The summed E-state index contributed by atoms with van der Waals surface area (Å²) >= 11 is 0. The van der Waals surface area contributed by atoms with Crippen LogP contribution in [0.15, 0.2) is 64.5 Å². The van der Waals surface area contributed by atoms with Crippen LogP contribution in [0.3, 0.4) is 0 Å². The zero-order chi connectivity index (χ0) is 20.8. The van der Waals surface area contributed by atoms with Gasteiger partial charge in [0.1, 0.15) is 11.4 Å². The Labute approximate surface area is 164 Å². The lowest BCUT2D eigenvalue weighted by Crippen LogP contribution is -2.41. The number of nitrogens with zero attached hydrogens (tertiary/aromatic N) is 3. The predicted molar refractivity (Wildman–Crippen MR) is 100 cm³/mol. The number of alkyl halides is 2. The first kappa shape index (κ1) is 18.6. The van der Waals surface area contributed by atoms with Crippen LogP contribution in [0.1, 0.15) is 23.2 Å². The number of phenolic OH excluding ortho intramolecular Hbond substituents is 1. The van der Waals surface area contributed by atoms with Crippen LogP contribution in [0.4, 0.5) is 8.78 Å². The van der Waals surface area contributed by atoms with Gasteiger partial charge in [0.2, 0.25) is 0 Å². The van der Waals surface area contributed by atoms with Crippen molar-refractivity contribution in [2.75, 3.05) is 7.05 Å². The van der Waals surface area contributed by atoms with E-state index in [2.05, 4.69) is 9.98 Å². The number of likely N-dealkylation sites (N-methyl/N-ethyl adjacent to an activating group) is 1. The Morgan fingerprint density at radius 2 is 1.97 bits per heavy atom. The molecule has 0 fully saturated rings. The monoisotopic (exact) mass is 398 g/mol. The van der Waals surface area contributed by atoms with Crippen LogP contribution in [0.25, 0.3) is 11.1 Å². The molecular weight excluding hydrogens is 382 g/mol. The number of nitrogens with two attached hydrogens (primary N) is 1. The Morgan fingerprint density at radius 1 is 1.21 bits per heavy atom. The third kappa shape index (κ3) is 2.82. The molecule has 0 aliphatic carbocycles. The van der Waals surface area contributed by atoms with Crippen LogP contribution >= 0.6 is 0 Å². The molecule has 0 bridgehead atoms. The Bertz CT molecular complexity index is 1110. The van der Waals surface area contributed by atoms with E-state index < -0.39 is 23.6 Å².